The lowest BCUT2D eigenvalue weighted by Crippen LogP contribution is -2.39. The molecule has 0 bridgehead atoms. The molecular weight excluding hydrogens is 250 g/mol. The Bertz CT molecular complexity index is 449. The predicted molar refractivity (Wildman–Crippen MR) is 84.3 cm³/mol. The predicted octanol–water partition coefficient (Wildman–Crippen LogP) is 3.76. The van der Waals surface area contributed by atoms with Gasteiger partial charge in [-0.25, -0.2) is 0 Å². The number of hydrogen-bond donors (Lipinski definition) is 1. The summed E-state index contributed by atoms with van der Waals surface area (Å²) in [4.78, 5) is 0. The van der Waals surface area contributed by atoms with E-state index < -0.39 is 0 Å². The lowest BCUT2D eigenvalue weighted by atomic mass is 9.81. The number of rotatable bonds is 5. The summed E-state index contributed by atoms with van der Waals surface area (Å²) in [7, 11) is 1.69. The van der Waals surface area contributed by atoms with Crippen molar-refractivity contribution in [3.63, 3.8) is 0 Å². The molecule has 0 spiro atoms. The van der Waals surface area contributed by atoms with Crippen molar-refractivity contribution < 1.29 is 9.47 Å². The minimum absolute atomic E-state index is 0.00427. The molecule has 2 atom stereocenters. The molecule has 20 heavy (non-hydrogen) atoms. The van der Waals surface area contributed by atoms with Crippen LogP contribution in [0.1, 0.15) is 50.4 Å². The van der Waals surface area contributed by atoms with Gasteiger partial charge in [0.25, 0.3) is 0 Å². The van der Waals surface area contributed by atoms with Crippen LogP contribution in [0.25, 0.3) is 0 Å². The molecule has 0 aromatic heterocycles. The minimum atomic E-state index is -0.139. The topological polar surface area (TPSA) is 44.5 Å². The summed E-state index contributed by atoms with van der Waals surface area (Å²) < 4.78 is 11.3. The first-order valence-electron chi connectivity index (χ1n) is 7.24. The highest BCUT2D eigenvalue weighted by Gasteiger charge is 2.32. The fourth-order valence-electron chi connectivity index (χ4n) is 2.63. The average molecular weight is 279 g/mol. The van der Waals surface area contributed by atoms with E-state index >= 15 is 0 Å². The van der Waals surface area contributed by atoms with Crippen LogP contribution in [0, 0.1) is 19.3 Å². The molecule has 0 aliphatic carbocycles. The van der Waals surface area contributed by atoms with E-state index in [9.17, 15) is 0 Å². The fourth-order valence-corrected chi connectivity index (χ4v) is 2.63. The largest absolute Gasteiger partial charge is 0.496 e. The molecule has 0 radical (unpaired) electrons. The van der Waals surface area contributed by atoms with Crippen LogP contribution in [-0.2, 0) is 4.74 Å². The number of benzene rings is 1. The van der Waals surface area contributed by atoms with Gasteiger partial charge in [-0.05, 0) is 48.9 Å². The van der Waals surface area contributed by atoms with Gasteiger partial charge in [0.2, 0.25) is 0 Å². The smallest absolute Gasteiger partial charge is 0.122 e. The number of methoxy groups -OCH3 is 1. The zero-order valence-corrected chi connectivity index (χ0v) is 13.9. The maximum absolute atomic E-state index is 6.51. The molecule has 0 fully saturated rings. The zero-order chi connectivity index (χ0) is 15.5. The Morgan fingerprint density at radius 3 is 2.20 bits per heavy atom. The van der Waals surface area contributed by atoms with Crippen molar-refractivity contribution in [3.8, 4) is 5.75 Å². The van der Waals surface area contributed by atoms with Crippen LogP contribution in [0.2, 0.25) is 0 Å². The van der Waals surface area contributed by atoms with Gasteiger partial charge in [0.1, 0.15) is 5.75 Å². The van der Waals surface area contributed by atoms with E-state index in [2.05, 4.69) is 39.8 Å². The molecule has 2 unspecified atom stereocenters. The summed E-state index contributed by atoms with van der Waals surface area (Å²) in [5.41, 5.74) is 9.89. The summed E-state index contributed by atoms with van der Waals surface area (Å²) in [6.45, 7) is 13.3. The van der Waals surface area contributed by atoms with Crippen molar-refractivity contribution in [3.05, 3.63) is 28.8 Å². The third-order valence-electron chi connectivity index (χ3n) is 3.67. The van der Waals surface area contributed by atoms with Crippen molar-refractivity contribution >= 4 is 0 Å². The Morgan fingerprint density at radius 2 is 1.75 bits per heavy atom. The third-order valence-corrected chi connectivity index (χ3v) is 3.67. The summed E-state index contributed by atoms with van der Waals surface area (Å²) in [5, 5.41) is 0. The zero-order valence-electron chi connectivity index (χ0n) is 13.9. The van der Waals surface area contributed by atoms with Gasteiger partial charge in [0.15, 0.2) is 0 Å². The quantitative estimate of drug-likeness (QED) is 0.892. The van der Waals surface area contributed by atoms with Crippen LogP contribution in [0.4, 0.5) is 0 Å². The summed E-state index contributed by atoms with van der Waals surface area (Å²) in [6, 6.07) is 4.03. The van der Waals surface area contributed by atoms with Crippen LogP contribution < -0.4 is 10.5 Å². The number of ether oxygens (including phenoxy) is 2. The fraction of sp³-hybridized carbons (Fsp3) is 0.647. The second-order valence-corrected chi connectivity index (χ2v) is 6.45. The van der Waals surface area contributed by atoms with Crippen LogP contribution in [0.3, 0.4) is 0 Å². The van der Waals surface area contributed by atoms with Gasteiger partial charge in [0, 0.05) is 6.61 Å². The third kappa shape index (κ3) is 3.74. The second kappa shape index (κ2) is 6.59. The number of hydrogen-bond acceptors (Lipinski definition) is 3. The molecule has 3 nitrogen and oxygen atoms in total. The Kier molecular flexibility index (Phi) is 5.60. The van der Waals surface area contributed by atoms with Gasteiger partial charge >= 0.3 is 0 Å². The molecule has 0 aliphatic heterocycles. The maximum Gasteiger partial charge on any atom is 0.122 e. The van der Waals surface area contributed by atoms with Gasteiger partial charge in [-0.1, -0.05) is 26.8 Å². The Labute approximate surface area is 123 Å². The monoisotopic (exact) mass is 279 g/mol. The molecule has 0 amide bonds. The first-order chi connectivity index (χ1) is 9.22. The van der Waals surface area contributed by atoms with Gasteiger partial charge in [-0.15, -0.1) is 0 Å². The summed E-state index contributed by atoms with van der Waals surface area (Å²) in [5.74, 6) is 0.905. The average Bonchev–Trinajstić information content (AvgIpc) is 2.36. The highest BCUT2D eigenvalue weighted by Crippen LogP contribution is 2.34. The molecule has 3 heteroatoms. The normalized spacial score (nSPS) is 15.0. The van der Waals surface area contributed by atoms with Crippen LogP contribution >= 0.6 is 0 Å². The van der Waals surface area contributed by atoms with E-state index in [4.69, 9.17) is 15.2 Å². The number of nitrogens with two attached hydrogens (primary N) is 1. The van der Waals surface area contributed by atoms with E-state index in [-0.39, 0.29) is 17.6 Å². The van der Waals surface area contributed by atoms with Crippen molar-refractivity contribution in [1.29, 1.82) is 0 Å². The van der Waals surface area contributed by atoms with E-state index in [1.807, 2.05) is 13.8 Å². The molecule has 1 aromatic carbocycles. The molecule has 0 aliphatic rings. The van der Waals surface area contributed by atoms with Crippen molar-refractivity contribution in [2.45, 2.75) is 53.7 Å². The first kappa shape index (κ1) is 17.0. The van der Waals surface area contributed by atoms with Gasteiger partial charge < -0.3 is 15.2 Å². The van der Waals surface area contributed by atoms with E-state index in [1.54, 1.807) is 7.11 Å². The summed E-state index contributed by atoms with van der Waals surface area (Å²) >= 11 is 0. The van der Waals surface area contributed by atoms with Crippen LogP contribution in [-0.4, -0.2) is 19.8 Å². The van der Waals surface area contributed by atoms with Crippen LogP contribution in [0.5, 0.6) is 5.75 Å². The van der Waals surface area contributed by atoms with Crippen molar-refractivity contribution in [2.75, 3.05) is 13.7 Å². The van der Waals surface area contributed by atoms with Crippen LogP contribution in [0.15, 0.2) is 12.1 Å². The lowest BCUT2D eigenvalue weighted by Gasteiger charge is -2.36. The van der Waals surface area contributed by atoms with E-state index in [0.717, 1.165) is 22.4 Å². The van der Waals surface area contributed by atoms with E-state index in [1.165, 1.54) is 0 Å². The lowest BCUT2D eigenvalue weighted by molar-refractivity contribution is -0.0284. The standard InChI is InChI=1S/C17H29NO2/c1-8-20-16(17(4,5)6)15(18)13-9-12(3)14(19-7)10-11(13)2/h9-10,15-16H,8,18H2,1-7H3. The molecule has 2 N–H and O–H groups in total. The molecule has 0 saturated carbocycles. The Hall–Kier alpha value is -1.06. The van der Waals surface area contributed by atoms with Gasteiger partial charge in [-0.3, -0.25) is 0 Å². The van der Waals surface area contributed by atoms with Gasteiger partial charge in [-0.2, -0.15) is 0 Å². The highest BCUT2D eigenvalue weighted by molar-refractivity contribution is 5.43. The first-order valence-corrected chi connectivity index (χ1v) is 7.24. The van der Waals surface area contributed by atoms with Crippen molar-refractivity contribution in [1.82, 2.24) is 0 Å². The second-order valence-electron chi connectivity index (χ2n) is 6.45. The molecule has 1 aromatic rings. The maximum atomic E-state index is 6.51. The highest BCUT2D eigenvalue weighted by atomic mass is 16.5. The molecular formula is C17H29NO2. The Morgan fingerprint density at radius 1 is 1.15 bits per heavy atom. The SMILES string of the molecule is CCOC(C(N)c1cc(C)c(OC)cc1C)C(C)(C)C. The van der Waals surface area contributed by atoms with E-state index in [0.29, 0.717) is 6.61 Å². The number of aryl methyl sites for hydroxylation is 2. The molecule has 0 saturated heterocycles. The molecule has 0 heterocycles. The Balaban J connectivity index is 3.18. The summed E-state index contributed by atoms with van der Waals surface area (Å²) in [6.07, 6.45) is -0.0148. The van der Waals surface area contributed by atoms with Gasteiger partial charge in [0.05, 0.1) is 19.3 Å². The minimum Gasteiger partial charge on any atom is -0.496 e. The van der Waals surface area contributed by atoms with Crippen molar-refractivity contribution in [2.24, 2.45) is 11.1 Å². The molecule has 114 valence electrons. The molecule has 1 rings (SSSR count).